The van der Waals surface area contributed by atoms with E-state index in [0.29, 0.717) is 15.7 Å². The van der Waals surface area contributed by atoms with Crippen LogP contribution in [0.1, 0.15) is 6.42 Å². The molecule has 1 aromatic carbocycles. The molecule has 0 amide bonds. The lowest BCUT2D eigenvalue weighted by atomic mass is 10.1. The van der Waals surface area contributed by atoms with Gasteiger partial charge in [0.05, 0.1) is 8.50 Å². The third-order valence-corrected chi connectivity index (χ3v) is 4.96. The zero-order valence-electron chi connectivity index (χ0n) is 10.2. The molecule has 2 rings (SSSR count). The van der Waals surface area contributed by atoms with Crippen LogP contribution in [0.2, 0.25) is 0 Å². The van der Waals surface area contributed by atoms with Crippen LogP contribution in [-0.4, -0.2) is 18.5 Å². The molecular weight excluding hydrogens is 395 g/mol. The van der Waals surface area contributed by atoms with Crippen molar-refractivity contribution in [3.63, 3.8) is 0 Å². The summed E-state index contributed by atoms with van der Waals surface area (Å²) < 4.78 is 25.4. The summed E-state index contributed by atoms with van der Waals surface area (Å²) in [5.41, 5.74) is 0.119. The van der Waals surface area contributed by atoms with Gasteiger partial charge in [-0.25, -0.2) is 4.21 Å². The molecule has 8 heteroatoms. The average molecular weight is 406 g/mol. The Kier molecular flexibility index (Phi) is 4.45. The van der Waals surface area contributed by atoms with Crippen molar-refractivity contribution in [2.45, 2.75) is 6.42 Å². The Hall–Kier alpha value is -1.39. The first-order valence-electron chi connectivity index (χ1n) is 5.58. The van der Waals surface area contributed by atoms with Crippen molar-refractivity contribution in [2.24, 2.45) is 0 Å². The molecule has 106 valence electrons. The fourth-order valence-corrected chi connectivity index (χ4v) is 3.94. The fraction of sp³-hybridized carbons (Fsp3) is 0.0833. The first-order chi connectivity index (χ1) is 9.42. The largest absolute Gasteiger partial charge is 0.298 e. The second kappa shape index (κ2) is 5.94. The third-order valence-electron chi connectivity index (χ3n) is 2.57. The predicted octanol–water partition coefficient (Wildman–Crippen LogP) is 2.83. The number of nitrogens with zero attached hydrogens (tertiary/aromatic N) is 1. The smallest absolute Gasteiger partial charge is 0.298 e. The Labute approximate surface area is 129 Å². The third kappa shape index (κ3) is 3.19. The number of hydrogen-bond acceptors (Lipinski definition) is 3. The number of nitro groups is 1. The Balaban J connectivity index is 2.54. The van der Waals surface area contributed by atoms with Crippen molar-refractivity contribution in [2.75, 3.05) is 4.72 Å². The molecule has 0 saturated carbocycles. The molecule has 2 N–H and O–H groups in total. The van der Waals surface area contributed by atoms with Crippen molar-refractivity contribution in [3.05, 3.63) is 61.9 Å². The zero-order valence-corrected chi connectivity index (χ0v) is 13.1. The molecule has 1 aromatic rings. The van der Waals surface area contributed by atoms with Crippen LogP contribution in [0.4, 0.5) is 5.69 Å². The van der Waals surface area contributed by atoms with Crippen LogP contribution in [-0.2, 0) is 9.99 Å². The molecule has 20 heavy (non-hydrogen) atoms. The van der Waals surface area contributed by atoms with Gasteiger partial charge in [-0.3, -0.25) is 19.4 Å². The summed E-state index contributed by atoms with van der Waals surface area (Å²) in [7, 11) is -3.74. The lowest BCUT2D eigenvalue weighted by Crippen LogP contribution is -2.26. The van der Waals surface area contributed by atoms with Crippen molar-refractivity contribution < 1.29 is 13.7 Å². The Morgan fingerprint density at radius 2 is 2.00 bits per heavy atom. The van der Waals surface area contributed by atoms with Gasteiger partial charge >= 0.3 is 0 Å². The van der Waals surface area contributed by atoms with Crippen LogP contribution in [0, 0.1) is 10.1 Å². The molecular formula is C12H11IN2O4S. The van der Waals surface area contributed by atoms with E-state index in [4.69, 9.17) is 0 Å². The van der Waals surface area contributed by atoms with Gasteiger partial charge in [0, 0.05) is 12.1 Å². The molecule has 1 aliphatic carbocycles. The van der Waals surface area contributed by atoms with E-state index in [1.807, 2.05) is 22.6 Å². The predicted molar refractivity (Wildman–Crippen MR) is 87.6 cm³/mol. The van der Waals surface area contributed by atoms with Crippen LogP contribution in [0.5, 0.6) is 0 Å². The summed E-state index contributed by atoms with van der Waals surface area (Å²) in [4.78, 5) is 10.3. The van der Waals surface area contributed by atoms with Gasteiger partial charge in [-0.2, -0.15) is 0 Å². The number of benzene rings is 1. The Morgan fingerprint density at radius 1 is 1.35 bits per heavy atom. The Morgan fingerprint density at radius 3 is 2.60 bits per heavy atom. The highest BCUT2D eigenvalue weighted by atomic mass is 127. The molecule has 1 aliphatic rings. The van der Waals surface area contributed by atoms with E-state index < -0.39 is 14.9 Å². The number of halogens is 1. The Bertz CT molecular complexity index is 718. The highest BCUT2D eigenvalue weighted by molar-refractivity contribution is 14.1. The first kappa shape index (κ1) is 15.0. The molecule has 1 unspecified atom stereocenters. The molecule has 0 bridgehead atoms. The van der Waals surface area contributed by atoms with Gasteiger partial charge in [0.25, 0.3) is 5.70 Å². The van der Waals surface area contributed by atoms with E-state index >= 15 is 0 Å². The topological polar surface area (TPSA) is 92.5 Å². The average Bonchev–Trinajstić information content (AvgIpc) is 2.38. The number of allylic oxidation sites excluding steroid dienone is 3. The van der Waals surface area contributed by atoms with Gasteiger partial charge in [-0.05, 0) is 40.8 Å². The van der Waals surface area contributed by atoms with Crippen LogP contribution in [0.15, 0.2) is 51.8 Å². The van der Waals surface area contributed by atoms with Gasteiger partial charge in [0.1, 0.15) is 0 Å². The van der Waals surface area contributed by atoms with E-state index in [0.717, 1.165) is 0 Å². The molecule has 0 heterocycles. The summed E-state index contributed by atoms with van der Waals surface area (Å²) in [6.45, 7) is 0. The highest BCUT2D eigenvalue weighted by Gasteiger charge is 2.29. The van der Waals surface area contributed by atoms with Crippen molar-refractivity contribution >= 4 is 43.1 Å². The van der Waals surface area contributed by atoms with Crippen LogP contribution in [0.25, 0.3) is 0 Å². The molecule has 0 aliphatic heterocycles. The molecule has 1 atom stereocenters. The molecule has 6 nitrogen and oxygen atoms in total. The minimum absolute atomic E-state index is 0.206. The molecule has 0 aromatic heterocycles. The SMILES string of the molecule is O=[N+]([O-])C1=C(I)CC=CC1=S(=O)(O)Nc1ccccc1. The van der Waals surface area contributed by atoms with E-state index in [1.54, 1.807) is 36.4 Å². The minimum atomic E-state index is -3.74. The van der Waals surface area contributed by atoms with E-state index in [1.165, 1.54) is 6.08 Å². The summed E-state index contributed by atoms with van der Waals surface area (Å²) in [6, 6.07) is 8.40. The minimum Gasteiger partial charge on any atom is -0.298 e. The quantitative estimate of drug-likeness (QED) is 0.350. The second-order valence-corrected chi connectivity index (χ2v) is 6.97. The molecule has 0 fully saturated rings. The van der Waals surface area contributed by atoms with Crippen LogP contribution < -0.4 is 4.72 Å². The van der Waals surface area contributed by atoms with Gasteiger partial charge < -0.3 is 0 Å². The lowest BCUT2D eigenvalue weighted by Gasteiger charge is -2.14. The number of anilines is 1. The molecule has 0 spiro atoms. The van der Waals surface area contributed by atoms with Crippen molar-refractivity contribution in [1.82, 2.24) is 0 Å². The van der Waals surface area contributed by atoms with Gasteiger partial charge in [0.15, 0.2) is 14.9 Å². The molecule has 0 saturated heterocycles. The zero-order chi connectivity index (χ0) is 14.8. The van der Waals surface area contributed by atoms with Gasteiger partial charge in [-0.15, -0.1) is 0 Å². The van der Waals surface area contributed by atoms with Crippen molar-refractivity contribution in [1.29, 1.82) is 0 Å². The summed E-state index contributed by atoms with van der Waals surface area (Å²) in [5.74, 6) is 0. The highest BCUT2D eigenvalue weighted by Crippen LogP contribution is 2.25. The summed E-state index contributed by atoms with van der Waals surface area (Å²) in [6.07, 6.45) is 3.35. The number of rotatable bonds is 3. The standard InChI is InChI=1S/C12H11IN2O4S/c13-10-7-4-8-11(12(10)15(16)17)20(18,19)14-9-5-2-1-3-6-9/h1-6,8H,7H2,(H2,14,18,19). The fourth-order valence-electron chi connectivity index (χ4n) is 1.71. The maximum Gasteiger partial charge on any atom is 0.298 e. The van der Waals surface area contributed by atoms with Gasteiger partial charge in [-0.1, -0.05) is 24.3 Å². The summed E-state index contributed by atoms with van der Waals surface area (Å²) in [5, 5.41) is 11.1. The lowest BCUT2D eigenvalue weighted by molar-refractivity contribution is -0.415. The van der Waals surface area contributed by atoms with Gasteiger partial charge in [0.2, 0.25) is 0 Å². The van der Waals surface area contributed by atoms with Crippen molar-refractivity contribution in [3.8, 4) is 0 Å². The van der Waals surface area contributed by atoms with E-state index in [-0.39, 0.29) is 10.6 Å². The van der Waals surface area contributed by atoms with Crippen LogP contribution >= 0.6 is 22.6 Å². The second-order valence-electron chi connectivity index (χ2n) is 3.98. The normalized spacial score (nSPS) is 17.8. The van der Waals surface area contributed by atoms with Crippen LogP contribution in [0.3, 0.4) is 0 Å². The monoisotopic (exact) mass is 406 g/mol. The molecule has 0 radical (unpaired) electrons. The number of nitrogens with one attached hydrogen (secondary N) is 1. The van der Waals surface area contributed by atoms with E-state index in [2.05, 4.69) is 4.72 Å². The number of para-hydroxylation sites is 1. The summed E-state index contributed by atoms with van der Waals surface area (Å²) >= 11 is 1.82. The van der Waals surface area contributed by atoms with E-state index in [9.17, 15) is 18.9 Å². The number of hydrogen-bond donors (Lipinski definition) is 2. The maximum absolute atomic E-state index is 12.4. The maximum atomic E-state index is 12.4. The first-order valence-corrected chi connectivity index (χ1v) is 8.17.